The number of nitrogens with one attached hydrogen (secondary N) is 1. The van der Waals surface area contributed by atoms with E-state index in [0.29, 0.717) is 22.6 Å². The molecule has 9 nitrogen and oxygen atoms in total. The number of carbonyl (C=O) groups is 2. The van der Waals surface area contributed by atoms with E-state index < -0.39 is 60.7 Å². The minimum Gasteiger partial charge on any atom is -0.482 e. The van der Waals surface area contributed by atoms with Crippen LogP contribution in [0.25, 0.3) is 11.1 Å². The molecule has 0 spiro atoms. The van der Waals surface area contributed by atoms with Crippen LogP contribution in [0.3, 0.4) is 0 Å². The van der Waals surface area contributed by atoms with Crippen LogP contribution >= 0.6 is 0 Å². The summed E-state index contributed by atoms with van der Waals surface area (Å²) in [7, 11) is 0. The number of ether oxygens (including phenoxy) is 1. The molecule has 0 aliphatic carbocycles. The normalized spacial score (nSPS) is 27.4. The maximum atomic E-state index is 13.6. The summed E-state index contributed by atoms with van der Waals surface area (Å²) in [6.07, 6.45) is -1.01. The van der Waals surface area contributed by atoms with E-state index in [4.69, 9.17) is 4.74 Å². The molecule has 1 saturated heterocycles. The van der Waals surface area contributed by atoms with Crippen LogP contribution in [0.4, 0.5) is 10.1 Å². The van der Waals surface area contributed by atoms with Crippen molar-refractivity contribution in [3.05, 3.63) is 76.8 Å². The average molecular weight is 527 g/mol. The molecule has 0 bridgehead atoms. The molecule has 5 N–H and O–H groups in total. The molecule has 2 aromatic rings. The zero-order chi connectivity index (χ0) is 26.6. The van der Waals surface area contributed by atoms with Gasteiger partial charge in [0.25, 0.3) is 11.8 Å². The number of hydrogen-bond acceptors (Lipinski definition) is 7. The lowest BCUT2D eigenvalue weighted by Gasteiger charge is -2.29. The first-order chi connectivity index (χ1) is 17.6. The maximum absolute atomic E-state index is 13.6. The number of halogens is 1. The van der Waals surface area contributed by atoms with Crippen molar-refractivity contribution in [1.82, 2.24) is 4.90 Å². The number of fused-ring (bicyclic) bond motifs is 1. The second kappa shape index (κ2) is 9.95. The molecule has 0 aromatic heterocycles. The van der Waals surface area contributed by atoms with Gasteiger partial charge in [-0.1, -0.05) is 19.6 Å². The van der Waals surface area contributed by atoms with Crippen LogP contribution in [0.1, 0.15) is 42.8 Å². The SMILES string of the molecule is C.CC1(C)O/C(=C2/C(=O)Nc3cc(F)ccc32)C=C1c1ccc(C(=O)N2[C@H](CO)[C@@H](O)[C@H](O)[C@@H]2CO)cc1. The van der Waals surface area contributed by atoms with E-state index >= 15 is 0 Å². The first-order valence-corrected chi connectivity index (χ1v) is 11.8. The first-order valence-electron chi connectivity index (χ1n) is 11.8. The van der Waals surface area contributed by atoms with Crippen LogP contribution in [0.5, 0.6) is 0 Å². The highest BCUT2D eigenvalue weighted by atomic mass is 19.1. The molecule has 0 unspecified atom stereocenters. The van der Waals surface area contributed by atoms with Crippen LogP contribution in [0, 0.1) is 5.82 Å². The van der Waals surface area contributed by atoms with Gasteiger partial charge in [0, 0.05) is 16.7 Å². The van der Waals surface area contributed by atoms with Gasteiger partial charge in [0.1, 0.15) is 29.4 Å². The maximum Gasteiger partial charge on any atom is 0.260 e. The molecular weight excluding hydrogens is 495 g/mol. The Morgan fingerprint density at radius 3 is 2.24 bits per heavy atom. The number of carbonyl (C=O) groups excluding carboxylic acids is 2. The molecular formula is C28H31FN2O7. The van der Waals surface area contributed by atoms with Gasteiger partial charge >= 0.3 is 0 Å². The van der Waals surface area contributed by atoms with Crippen molar-refractivity contribution in [2.45, 2.75) is 51.2 Å². The number of aliphatic hydroxyl groups excluding tert-OH is 4. The molecule has 1 fully saturated rings. The monoisotopic (exact) mass is 526 g/mol. The Hall–Kier alpha value is -3.57. The zero-order valence-corrected chi connectivity index (χ0v) is 20.2. The largest absolute Gasteiger partial charge is 0.482 e. The van der Waals surface area contributed by atoms with E-state index in [0.717, 1.165) is 16.0 Å². The van der Waals surface area contributed by atoms with Gasteiger partial charge in [0.05, 0.1) is 36.6 Å². The van der Waals surface area contributed by atoms with E-state index in [1.54, 1.807) is 30.3 Å². The van der Waals surface area contributed by atoms with Crippen LogP contribution in [0.15, 0.2) is 54.3 Å². The number of rotatable bonds is 4. The minimum atomic E-state index is -1.38. The van der Waals surface area contributed by atoms with E-state index in [2.05, 4.69) is 5.32 Å². The van der Waals surface area contributed by atoms with Crippen molar-refractivity contribution in [1.29, 1.82) is 0 Å². The summed E-state index contributed by atoms with van der Waals surface area (Å²) >= 11 is 0. The van der Waals surface area contributed by atoms with Crippen LogP contribution in [0.2, 0.25) is 0 Å². The van der Waals surface area contributed by atoms with Gasteiger partial charge in [-0.05, 0) is 55.8 Å². The second-order valence-corrected chi connectivity index (χ2v) is 9.82. The van der Waals surface area contributed by atoms with Gasteiger partial charge in [-0.2, -0.15) is 0 Å². The van der Waals surface area contributed by atoms with Gasteiger partial charge in [0.15, 0.2) is 0 Å². The Kier molecular flexibility index (Phi) is 7.19. The summed E-state index contributed by atoms with van der Waals surface area (Å²) in [5.41, 5.74) is 2.13. The van der Waals surface area contributed by atoms with Crippen LogP contribution in [-0.4, -0.2) is 80.2 Å². The van der Waals surface area contributed by atoms with Gasteiger partial charge in [-0.25, -0.2) is 4.39 Å². The predicted octanol–water partition coefficient (Wildman–Crippen LogP) is 1.92. The molecule has 0 saturated carbocycles. The second-order valence-electron chi connectivity index (χ2n) is 9.82. The number of nitrogens with zero attached hydrogens (tertiary/aromatic N) is 1. The zero-order valence-electron chi connectivity index (χ0n) is 20.2. The van der Waals surface area contributed by atoms with Crippen molar-refractivity contribution in [3.8, 4) is 0 Å². The van der Waals surface area contributed by atoms with Gasteiger partial charge < -0.3 is 35.4 Å². The van der Waals surface area contributed by atoms with Crippen molar-refractivity contribution < 1.29 is 39.1 Å². The Morgan fingerprint density at radius 1 is 1.05 bits per heavy atom. The molecule has 4 atom stereocenters. The third-order valence-corrected chi connectivity index (χ3v) is 7.17. The number of benzene rings is 2. The molecule has 38 heavy (non-hydrogen) atoms. The highest BCUT2D eigenvalue weighted by molar-refractivity contribution is 6.32. The molecule has 3 heterocycles. The summed E-state index contributed by atoms with van der Waals surface area (Å²) in [4.78, 5) is 27.0. The fourth-order valence-electron chi connectivity index (χ4n) is 5.27. The third-order valence-electron chi connectivity index (χ3n) is 7.17. The molecule has 3 aliphatic heterocycles. The Labute approximate surface area is 219 Å². The van der Waals surface area contributed by atoms with E-state index in [1.807, 2.05) is 13.8 Å². The minimum absolute atomic E-state index is 0. The fourth-order valence-corrected chi connectivity index (χ4v) is 5.27. The topological polar surface area (TPSA) is 140 Å². The molecule has 3 aliphatic rings. The van der Waals surface area contributed by atoms with Gasteiger partial charge in [-0.15, -0.1) is 0 Å². The van der Waals surface area contributed by atoms with E-state index in [-0.39, 0.29) is 13.0 Å². The summed E-state index contributed by atoms with van der Waals surface area (Å²) in [5.74, 6) is -1.06. The number of anilines is 1. The standard InChI is InChI=1S/C27H27FN2O7.CH4/c1-27(2)17(10-21(37-27)22-16-8-7-15(28)9-18(16)29-25(22)35)13-3-5-14(6-4-13)26(36)30-19(11-31)23(33)24(34)20(30)12-32;/h3-10,19-20,23-24,31-34H,11-12H2,1-2H3,(H,29,35);1H4/b22-21+;/t19-,20+,23-,24-;/m1./s1. The number of hydrogen-bond donors (Lipinski definition) is 5. The summed E-state index contributed by atoms with van der Waals surface area (Å²) in [5, 5.41) is 42.4. The van der Waals surface area contributed by atoms with Gasteiger partial charge in [-0.3, -0.25) is 9.59 Å². The molecule has 10 heteroatoms. The van der Waals surface area contributed by atoms with Crippen molar-refractivity contribution in [3.63, 3.8) is 0 Å². The molecule has 2 amide bonds. The predicted molar refractivity (Wildman–Crippen MR) is 138 cm³/mol. The van der Waals surface area contributed by atoms with E-state index in [9.17, 15) is 34.4 Å². The summed E-state index contributed by atoms with van der Waals surface area (Å²) < 4.78 is 19.8. The van der Waals surface area contributed by atoms with Crippen molar-refractivity contribution in [2.24, 2.45) is 0 Å². The number of aliphatic hydroxyl groups is 4. The van der Waals surface area contributed by atoms with E-state index in [1.165, 1.54) is 18.2 Å². The number of allylic oxidation sites excluding steroid dienone is 1. The third kappa shape index (κ3) is 4.29. The molecule has 0 radical (unpaired) electrons. The first kappa shape index (κ1) is 27.5. The molecule has 202 valence electrons. The van der Waals surface area contributed by atoms with Crippen molar-refractivity contribution >= 4 is 28.6 Å². The lowest BCUT2D eigenvalue weighted by atomic mass is 9.91. The lowest BCUT2D eigenvalue weighted by molar-refractivity contribution is -0.111. The lowest BCUT2D eigenvalue weighted by Crippen LogP contribution is -2.47. The molecule has 5 rings (SSSR count). The molecule has 2 aromatic carbocycles. The van der Waals surface area contributed by atoms with Crippen molar-refractivity contribution in [2.75, 3.05) is 18.5 Å². The Morgan fingerprint density at radius 2 is 1.66 bits per heavy atom. The highest BCUT2D eigenvalue weighted by Gasteiger charge is 2.49. The highest BCUT2D eigenvalue weighted by Crippen LogP contribution is 2.44. The summed E-state index contributed by atoms with van der Waals surface area (Å²) in [6, 6.07) is 8.52. The average Bonchev–Trinajstić information content (AvgIpc) is 3.45. The number of likely N-dealkylation sites (tertiary alicyclic amines) is 1. The van der Waals surface area contributed by atoms with Crippen LogP contribution in [-0.2, 0) is 9.53 Å². The number of amides is 2. The smallest absolute Gasteiger partial charge is 0.260 e. The Bertz CT molecular complexity index is 1320. The van der Waals surface area contributed by atoms with Gasteiger partial charge in [0.2, 0.25) is 0 Å². The Balaban J connectivity index is 0.00000336. The summed E-state index contributed by atoms with van der Waals surface area (Å²) in [6.45, 7) is 2.54. The van der Waals surface area contributed by atoms with Crippen LogP contribution < -0.4 is 5.32 Å². The fraction of sp³-hybridized carbons (Fsp3) is 0.357. The quantitative estimate of drug-likeness (QED) is 0.384.